The van der Waals surface area contributed by atoms with Gasteiger partial charge in [0.05, 0.1) is 10.6 Å². The van der Waals surface area contributed by atoms with E-state index in [1.54, 1.807) is 28.5 Å². The fourth-order valence-corrected chi connectivity index (χ4v) is 3.32. The van der Waals surface area contributed by atoms with Crippen molar-refractivity contribution in [3.63, 3.8) is 0 Å². The van der Waals surface area contributed by atoms with Crippen molar-refractivity contribution in [2.45, 2.75) is 4.90 Å². The number of nitrogens with zero attached hydrogens (tertiary/aromatic N) is 4. The number of aromatic nitrogens is 2. The van der Waals surface area contributed by atoms with Gasteiger partial charge >= 0.3 is 0 Å². The molecule has 0 saturated carbocycles. The highest BCUT2D eigenvalue weighted by Gasteiger charge is 2.23. The summed E-state index contributed by atoms with van der Waals surface area (Å²) >= 11 is 9.06. The first-order valence-electron chi connectivity index (χ1n) is 5.47. The first-order valence-corrected chi connectivity index (χ1v) is 7.88. The molecular weight excluding hydrogens is 300 g/mol. The number of rotatable bonds is 1. The summed E-state index contributed by atoms with van der Waals surface area (Å²) in [6.07, 6.45) is 2.00. The molecule has 0 amide bonds. The maximum absolute atomic E-state index is 5.91. The molecule has 19 heavy (non-hydrogen) atoms. The van der Waals surface area contributed by atoms with Crippen LogP contribution >= 0.6 is 35.1 Å². The second-order valence-corrected chi connectivity index (χ2v) is 6.15. The maximum atomic E-state index is 5.91. The van der Waals surface area contributed by atoms with Crippen LogP contribution in [0, 0.1) is 0 Å². The third-order valence-corrected chi connectivity index (χ3v) is 4.61. The summed E-state index contributed by atoms with van der Waals surface area (Å²) in [7, 11) is 0. The standard InChI is InChI=1S/C12H9ClN4S2/c1-18-12-16-17(8-5-3-2-4-6-8)11-9(19-12)7-10(13)14-15-11/h2-7H,1H3. The Labute approximate surface area is 124 Å². The molecule has 0 aliphatic carbocycles. The summed E-state index contributed by atoms with van der Waals surface area (Å²) < 4.78 is 0.945. The molecule has 96 valence electrons. The largest absolute Gasteiger partial charge is 0.211 e. The lowest BCUT2D eigenvalue weighted by atomic mass is 10.3. The van der Waals surface area contributed by atoms with Gasteiger partial charge in [0.25, 0.3) is 0 Å². The van der Waals surface area contributed by atoms with Gasteiger partial charge in [-0.15, -0.1) is 22.0 Å². The molecule has 1 aromatic carbocycles. The van der Waals surface area contributed by atoms with E-state index in [0.29, 0.717) is 11.0 Å². The summed E-state index contributed by atoms with van der Waals surface area (Å²) in [6.45, 7) is 0. The molecule has 0 spiro atoms. The van der Waals surface area contributed by atoms with Gasteiger partial charge in [0.1, 0.15) is 0 Å². The molecule has 0 saturated heterocycles. The zero-order valence-corrected chi connectivity index (χ0v) is 12.3. The Hall–Kier alpha value is -1.24. The SMILES string of the molecule is CSC1=NN(c2ccccc2)c2nnc(Cl)cc2S1. The van der Waals surface area contributed by atoms with Gasteiger partial charge in [0.15, 0.2) is 15.3 Å². The number of hydrogen-bond donors (Lipinski definition) is 0. The lowest BCUT2D eigenvalue weighted by Crippen LogP contribution is -2.17. The second kappa shape index (κ2) is 5.40. The van der Waals surface area contributed by atoms with Crippen LogP contribution in [0.25, 0.3) is 0 Å². The van der Waals surface area contributed by atoms with Gasteiger partial charge in [-0.1, -0.05) is 41.6 Å². The molecule has 1 aliphatic rings. The summed E-state index contributed by atoms with van der Waals surface area (Å²) in [5, 5.41) is 14.8. The lowest BCUT2D eigenvalue weighted by Gasteiger charge is -2.24. The average molecular weight is 309 g/mol. The molecule has 1 aromatic heterocycles. The van der Waals surface area contributed by atoms with Gasteiger partial charge in [-0.05, 0) is 24.5 Å². The van der Waals surface area contributed by atoms with E-state index in [0.717, 1.165) is 15.0 Å². The zero-order valence-electron chi connectivity index (χ0n) is 9.95. The third-order valence-electron chi connectivity index (χ3n) is 2.47. The Balaban J connectivity index is 2.12. The van der Waals surface area contributed by atoms with E-state index in [4.69, 9.17) is 11.6 Å². The topological polar surface area (TPSA) is 41.4 Å². The first kappa shape index (κ1) is 12.8. The molecule has 2 aromatic rings. The van der Waals surface area contributed by atoms with E-state index in [2.05, 4.69) is 15.3 Å². The fourth-order valence-electron chi connectivity index (χ4n) is 1.64. The van der Waals surface area contributed by atoms with E-state index in [1.165, 1.54) is 0 Å². The van der Waals surface area contributed by atoms with Crippen LogP contribution in [0.1, 0.15) is 0 Å². The number of hydrazone groups is 1. The minimum absolute atomic E-state index is 0.390. The predicted octanol–water partition coefficient (Wildman–Crippen LogP) is 4.01. The van der Waals surface area contributed by atoms with E-state index >= 15 is 0 Å². The minimum atomic E-state index is 0.390. The van der Waals surface area contributed by atoms with Gasteiger partial charge in [-0.2, -0.15) is 5.10 Å². The Morgan fingerprint density at radius 2 is 2.00 bits per heavy atom. The first-order chi connectivity index (χ1) is 9.28. The number of fused-ring (bicyclic) bond motifs is 1. The van der Waals surface area contributed by atoms with Crippen LogP contribution in [0.2, 0.25) is 5.15 Å². The average Bonchev–Trinajstić information content (AvgIpc) is 2.46. The van der Waals surface area contributed by atoms with Crippen LogP contribution in [-0.4, -0.2) is 20.8 Å². The molecule has 1 aliphatic heterocycles. The summed E-state index contributed by atoms with van der Waals surface area (Å²) in [5.74, 6) is 0.707. The van der Waals surface area contributed by atoms with Gasteiger partial charge in [0, 0.05) is 0 Å². The highest BCUT2D eigenvalue weighted by Crippen LogP contribution is 2.40. The fraction of sp³-hybridized carbons (Fsp3) is 0.0833. The predicted molar refractivity (Wildman–Crippen MR) is 82.4 cm³/mol. The van der Waals surface area contributed by atoms with Crippen LogP contribution in [0.4, 0.5) is 11.5 Å². The van der Waals surface area contributed by atoms with Crippen LogP contribution < -0.4 is 5.01 Å². The van der Waals surface area contributed by atoms with Crippen molar-refractivity contribution in [3.8, 4) is 0 Å². The van der Waals surface area contributed by atoms with Crippen LogP contribution in [0.3, 0.4) is 0 Å². The van der Waals surface area contributed by atoms with Crippen LogP contribution in [-0.2, 0) is 0 Å². The molecule has 3 rings (SSSR count). The lowest BCUT2D eigenvalue weighted by molar-refractivity contribution is 0.922. The smallest absolute Gasteiger partial charge is 0.190 e. The normalized spacial score (nSPS) is 14.0. The molecular formula is C12H9ClN4S2. The molecule has 4 nitrogen and oxygen atoms in total. The number of anilines is 2. The molecule has 0 bridgehead atoms. The van der Waals surface area contributed by atoms with Gasteiger partial charge in [0.2, 0.25) is 0 Å². The monoisotopic (exact) mass is 308 g/mol. The summed E-state index contributed by atoms with van der Waals surface area (Å²) in [4.78, 5) is 0.961. The van der Waals surface area contributed by atoms with Crippen molar-refractivity contribution in [3.05, 3.63) is 41.6 Å². The molecule has 0 unspecified atom stereocenters. The molecule has 0 radical (unpaired) electrons. The highest BCUT2D eigenvalue weighted by atomic mass is 35.5. The van der Waals surface area contributed by atoms with Crippen LogP contribution in [0.15, 0.2) is 46.4 Å². The Bertz CT molecular complexity index is 633. The van der Waals surface area contributed by atoms with E-state index in [9.17, 15) is 0 Å². The van der Waals surface area contributed by atoms with Gasteiger partial charge < -0.3 is 0 Å². The Kier molecular flexibility index (Phi) is 3.63. The zero-order chi connectivity index (χ0) is 13.2. The number of halogens is 1. The quantitative estimate of drug-likeness (QED) is 0.796. The summed E-state index contributed by atoms with van der Waals surface area (Å²) in [6, 6.07) is 11.7. The summed E-state index contributed by atoms with van der Waals surface area (Å²) in [5.41, 5.74) is 0.951. The van der Waals surface area contributed by atoms with Crippen molar-refractivity contribution >= 4 is 51.0 Å². The number of hydrogen-bond acceptors (Lipinski definition) is 6. The van der Waals surface area contributed by atoms with Crippen molar-refractivity contribution in [1.29, 1.82) is 0 Å². The minimum Gasteiger partial charge on any atom is -0.211 e. The van der Waals surface area contributed by atoms with Crippen molar-refractivity contribution in [2.24, 2.45) is 5.10 Å². The molecule has 2 heterocycles. The Morgan fingerprint density at radius 3 is 2.74 bits per heavy atom. The molecule has 0 fully saturated rings. The van der Waals surface area contributed by atoms with Crippen molar-refractivity contribution < 1.29 is 0 Å². The third kappa shape index (κ3) is 2.56. The van der Waals surface area contributed by atoms with Crippen LogP contribution in [0.5, 0.6) is 0 Å². The Morgan fingerprint density at radius 1 is 1.21 bits per heavy atom. The van der Waals surface area contributed by atoms with Crippen molar-refractivity contribution in [2.75, 3.05) is 11.3 Å². The highest BCUT2D eigenvalue weighted by molar-refractivity contribution is 8.38. The molecule has 0 atom stereocenters. The van der Waals surface area contributed by atoms with E-state index in [1.807, 2.05) is 42.7 Å². The molecule has 7 heteroatoms. The second-order valence-electron chi connectivity index (χ2n) is 3.67. The number of benzene rings is 1. The maximum Gasteiger partial charge on any atom is 0.190 e. The van der Waals surface area contributed by atoms with Crippen molar-refractivity contribution in [1.82, 2.24) is 10.2 Å². The van der Waals surface area contributed by atoms with Gasteiger partial charge in [-0.25, -0.2) is 5.01 Å². The van der Waals surface area contributed by atoms with Gasteiger partial charge in [-0.3, -0.25) is 0 Å². The number of para-hydroxylation sites is 1. The van der Waals surface area contributed by atoms with E-state index in [-0.39, 0.29) is 0 Å². The molecule has 0 N–H and O–H groups in total. The van der Waals surface area contributed by atoms with E-state index < -0.39 is 0 Å². The number of thioether (sulfide) groups is 2.